The number of aromatic nitrogens is 2. The van der Waals surface area contributed by atoms with Crippen molar-refractivity contribution in [3.05, 3.63) is 24.3 Å². The molecule has 0 fully saturated rings. The number of nitrogens with one attached hydrogen (secondary N) is 1. The monoisotopic (exact) mass is 357 g/mol. The highest BCUT2D eigenvalue weighted by atomic mass is 32.2. The van der Waals surface area contributed by atoms with E-state index in [1.165, 1.54) is 24.3 Å². The van der Waals surface area contributed by atoms with Gasteiger partial charge in [0, 0.05) is 11.1 Å². The normalized spacial score (nSPS) is 11.6. The molecule has 0 unspecified atom stereocenters. The molecule has 2 aromatic rings. The van der Waals surface area contributed by atoms with E-state index in [0.29, 0.717) is 5.56 Å². The smallest absolute Gasteiger partial charge is 0.387 e. The van der Waals surface area contributed by atoms with Crippen LogP contribution in [0.4, 0.5) is 8.78 Å². The summed E-state index contributed by atoms with van der Waals surface area (Å²) in [5.41, 5.74) is 0.259. The molecule has 0 aliphatic rings. The van der Waals surface area contributed by atoms with Crippen LogP contribution >= 0.6 is 11.8 Å². The van der Waals surface area contributed by atoms with Gasteiger partial charge in [0.15, 0.2) is 0 Å². The Morgan fingerprint density at radius 2 is 1.96 bits per heavy atom. The average Bonchev–Trinajstić information content (AvgIpc) is 2.92. The summed E-state index contributed by atoms with van der Waals surface area (Å²) >= 11 is 1.12. The lowest BCUT2D eigenvalue weighted by Crippen LogP contribution is -2.41. The van der Waals surface area contributed by atoms with Crippen molar-refractivity contribution >= 4 is 17.7 Å². The molecule has 1 heterocycles. The van der Waals surface area contributed by atoms with E-state index >= 15 is 0 Å². The van der Waals surface area contributed by atoms with Crippen LogP contribution in [0.3, 0.4) is 0 Å². The molecule has 0 saturated carbocycles. The number of amides is 1. The highest BCUT2D eigenvalue weighted by Crippen LogP contribution is 2.25. The third-order valence-corrected chi connectivity index (χ3v) is 3.39. The molecule has 1 aromatic carbocycles. The Bertz CT molecular complexity index is 684. The Morgan fingerprint density at radius 3 is 2.54 bits per heavy atom. The Morgan fingerprint density at radius 1 is 1.29 bits per heavy atom. The largest absolute Gasteiger partial charge is 0.435 e. The number of carbonyl (C=O) groups is 1. The fourth-order valence-corrected chi connectivity index (χ4v) is 2.31. The first-order valence-electron chi connectivity index (χ1n) is 7.05. The average molecular weight is 357 g/mol. The van der Waals surface area contributed by atoms with Crippen molar-refractivity contribution in [2.75, 3.05) is 5.75 Å². The van der Waals surface area contributed by atoms with Crippen molar-refractivity contribution in [1.29, 1.82) is 0 Å². The summed E-state index contributed by atoms with van der Waals surface area (Å²) in [6.45, 7) is 2.80. The van der Waals surface area contributed by atoms with Crippen LogP contribution in [-0.2, 0) is 4.79 Å². The molecule has 6 nitrogen and oxygen atoms in total. The second kappa shape index (κ2) is 7.61. The van der Waals surface area contributed by atoms with Gasteiger partial charge in [0.05, 0.1) is 5.75 Å². The third-order valence-electron chi connectivity index (χ3n) is 2.57. The second-order valence-corrected chi connectivity index (χ2v) is 6.79. The standard InChI is InChI=1S/C15H17F2N3O3S/c1-15(2,3)18-11(21)8-24-14-20-19-12(23-14)9-4-6-10(7-5-9)22-13(16)17/h4-7,13H,8H2,1-3H3,(H,18,21). The van der Waals surface area contributed by atoms with E-state index in [1.807, 2.05) is 20.8 Å². The lowest BCUT2D eigenvalue weighted by Gasteiger charge is -2.19. The van der Waals surface area contributed by atoms with Gasteiger partial charge in [-0.15, -0.1) is 10.2 Å². The summed E-state index contributed by atoms with van der Waals surface area (Å²) in [6, 6.07) is 5.84. The summed E-state index contributed by atoms with van der Waals surface area (Å²) in [7, 11) is 0. The van der Waals surface area contributed by atoms with E-state index in [9.17, 15) is 13.6 Å². The highest BCUT2D eigenvalue weighted by Gasteiger charge is 2.16. The molecule has 0 aliphatic heterocycles. The van der Waals surface area contributed by atoms with Crippen molar-refractivity contribution in [2.24, 2.45) is 0 Å². The first-order chi connectivity index (χ1) is 11.2. The van der Waals surface area contributed by atoms with Crippen molar-refractivity contribution < 1.29 is 22.7 Å². The Kier molecular flexibility index (Phi) is 5.76. The zero-order valence-electron chi connectivity index (χ0n) is 13.4. The molecule has 0 bridgehead atoms. The maximum Gasteiger partial charge on any atom is 0.387 e. The first-order valence-corrected chi connectivity index (χ1v) is 8.04. The molecular weight excluding hydrogens is 340 g/mol. The van der Waals surface area contributed by atoms with Crippen LogP contribution in [0.2, 0.25) is 0 Å². The zero-order chi connectivity index (χ0) is 17.7. The predicted molar refractivity (Wildman–Crippen MR) is 85.0 cm³/mol. The van der Waals surface area contributed by atoms with Gasteiger partial charge in [0.1, 0.15) is 5.75 Å². The molecule has 0 radical (unpaired) electrons. The van der Waals surface area contributed by atoms with Gasteiger partial charge in [-0.1, -0.05) is 11.8 Å². The van der Waals surface area contributed by atoms with Crippen LogP contribution in [0.5, 0.6) is 5.75 Å². The lowest BCUT2D eigenvalue weighted by molar-refractivity contribution is -0.119. The van der Waals surface area contributed by atoms with Gasteiger partial charge in [-0.3, -0.25) is 4.79 Å². The van der Waals surface area contributed by atoms with E-state index in [2.05, 4.69) is 20.3 Å². The molecule has 0 spiro atoms. The molecule has 0 aliphatic carbocycles. The van der Waals surface area contributed by atoms with E-state index in [0.717, 1.165) is 11.8 Å². The number of halogens is 2. The summed E-state index contributed by atoms with van der Waals surface area (Å²) < 4.78 is 33.9. The van der Waals surface area contributed by atoms with Crippen molar-refractivity contribution in [2.45, 2.75) is 38.1 Å². The Hall–Kier alpha value is -2.16. The molecule has 130 valence electrons. The maximum absolute atomic E-state index is 12.1. The summed E-state index contributed by atoms with van der Waals surface area (Å²) in [4.78, 5) is 11.7. The minimum Gasteiger partial charge on any atom is -0.435 e. The van der Waals surface area contributed by atoms with Gasteiger partial charge in [-0.2, -0.15) is 8.78 Å². The van der Waals surface area contributed by atoms with Gasteiger partial charge in [-0.25, -0.2) is 0 Å². The topological polar surface area (TPSA) is 77.2 Å². The predicted octanol–water partition coefficient (Wildman–Crippen LogP) is 3.34. The maximum atomic E-state index is 12.1. The van der Waals surface area contributed by atoms with Crippen LogP contribution in [-0.4, -0.2) is 34.0 Å². The first kappa shape index (κ1) is 18.2. The quantitative estimate of drug-likeness (QED) is 0.799. The molecule has 0 atom stereocenters. The van der Waals surface area contributed by atoms with Gasteiger partial charge in [0.2, 0.25) is 11.8 Å². The number of thioether (sulfide) groups is 1. The van der Waals surface area contributed by atoms with E-state index in [4.69, 9.17) is 4.42 Å². The fraction of sp³-hybridized carbons (Fsp3) is 0.400. The number of nitrogens with zero attached hydrogens (tertiary/aromatic N) is 2. The molecule has 24 heavy (non-hydrogen) atoms. The lowest BCUT2D eigenvalue weighted by atomic mass is 10.1. The molecule has 0 saturated heterocycles. The van der Waals surface area contributed by atoms with Gasteiger partial charge in [-0.05, 0) is 45.0 Å². The van der Waals surface area contributed by atoms with Crippen LogP contribution in [0.25, 0.3) is 11.5 Å². The molecule has 1 aromatic heterocycles. The van der Waals surface area contributed by atoms with Gasteiger partial charge < -0.3 is 14.5 Å². The number of rotatable bonds is 6. The molecular formula is C15H17F2N3O3S. The minimum atomic E-state index is -2.87. The summed E-state index contributed by atoms with van der Waals surface area (Å²) in [5, 5.41) is 10.8. The molecule has 2 rings (SSSR count). The van der Waals surface area contributed by atoms with Crippen LogP contribution in [0, 0.1) is 0 Å². The van der Waals surface area contributed by atoms with Crippen molar-refractivity contribution in [1.82, 2.24) is 15.5 Å². The molecule has 1 N–H and O–H groups in total. The van der Waals surface area contributed by atoms with Crippen molar-refractivity contribution in [3.8, 4) is 17.2 Å². The second-order valence-electron chi connectivity index (χ2n) is 5.86. The van der Waals surface area contributed by atoms with Crippen molar-refractivity contribution in [3.63, 3.8) is 0 Å². The zero-order valence-corrected chi connectivity index (χ0v) is 14.2. The number of hydrogen-bond acceptors (Lipinski definition) is 6. The summed E-state index contributed by atoms with van der Waals surface area (Å²) in [6.07, 6.45) is 0. The van der Waals surface area contributed by atoms with Crippen LogP contribution < -0.4 is 10.1 Å². The Balaban J connectivity index is 1.94. The SMILES string of the molecule is CC(C)(C)NC(=O)CSc1nnc(-c2ccc(OC(F)F)cc2)o1. The number of alkyl halides is 2. The molecule has 1 amide bonds. The highest BCUT2D eigenvalue weighted by molar-refractivity contribution is 7.99. The summed E-state index contributed by atoms with van der Waals surface area (Å²) in [5.74, 6) is 0.292. The number of carbonyl (C=O) groups excluding carboxylic acids is 1. The van der Waals surface area contributed by atoms with Gasteiger partial charge in [0.25, 0.3) is 5.22 Å². The van der Waals surface area contributed by atoms with E-state index in [-0.39, 0.29) is 34.1 Å². The van der Waals surface area contributed by atoms with Crippen LogP contribution in [0.15, 0.2) is 33.9 Å². The Labute approximate surface area is 142 Å². The van der Waals surface area contributed by atoms with Crippen LogP contribution in [0.1, 0.15) is 20.8 Å². The van der Waals surface area contributed by atoms with Gasteiger partial charge >= 0.3 is 6.61 Å². The van der Waals surface area contributed by atoms with E-state index < -0.39 is 6.61 Å². The number of hydrogen-bond donors (Lipinski definition) is 1. The number of ether oxygens (including phenoxy) is 1. The minimum absolute atomic E-state index is 0.0433. The molecule has 9 heteroatoms. The third kappa shape index (κ3) is 5.80. The van der Waals surface area contributed by atoms with E-state index in [1.54, 1.807) is 0 Å². The number of benzene rings is 1. The fourth-order valence-electron chi connectivity index (χ4n) is 1.75.